The Morgan fingerprint density at radius 1 is 1.30 bits per heavy atom. The summed E-state index contributed by atoms with van der Waals surface area (Å²) in [7, 11) is -2.59. The molecule has 1 amide bonds. The van der Waals surface area contributed by atoms with Crippen LogP contribution in [0.5, 0.6) is 5.75 Å². The number of fused-ring (bicyclic) bond motifs is 1. The van der Waals surface area contributed by atoms with E-state index in [1.54, 1.807) is 0 Å². The fourth-order valence-electron chi connectivity index (χ4n) is 2.16. The van der Waals surface area contributed by atoms with Gasteiger partial charge in [-0.1, -0.05) is 13.8 Å². The van der Waals surface area contributed by atoms with Gasteiger partial charge >= 0.3 is 6.09 Å². The summed E-state index contributed by atoms with van der Waals surface area (Å²) in [5.74, 6) is -0.296. The van der Waals surface area contributed by atoms with Gasteiger partial charge in [-0.2, -0.15) is 0 Å². The summed E-state index contributed by atoms with van der Waals surface area (Å²) >= 11 is 0. The molecule has 1 heterocycles. The SMILES string of the molecule is CC(C)[C@@H](NS(=O)(=O)c1ccc2c(c1)CN(C)C(=O)O2)C(F)F. The topological polar surface area (TPSA) is 75.7 Å². The van der Waals surface area contributed by atoms with E-state index in [1.165, 1.54) is 44.0 Å². The normalized spacial score (nSPS) is 16.5. The van der Waals surface area contributed by atoms with Crippen molar-refractivity contribution in [1.82, 2.24) is 9.62 Å². The van der Waals surface area contributed by atoms with Crippen LogP contribution >= 0.6 is 0 Å². The predicted molar refractivity (Wildman–Crippen MR) is 78.9 cm³/mol. The van der Waals surface area contributed by atoms with E-state index in [0.717, 1.165) is 0 Å². The highest BCUT2D eigenvalue weighted by atomic mass is 32.2. The highest BCUT2D eigenvalue weighted by Crippen LogP contribution is 2.28. The number of benzene rings is 1. The molecule has 0 aromatic heterocycles. The van der Waals surface area contributed by atoms with Crippen molar-refractivity contribution in [3.8, 4) is 5.75 Å². The van der Waals surface area contributed by atoms with E-state index in [2.05, 4.69) is 0 Å². The average molecular weight is 348 g/mol. The van der Waals surface area contributed by atoms with Crippen molar-refractivity contribution in [2.45, 2.75) is 37.8 Å². The van der Waals surface area contributed by atoms with Gasteiger partial charge in [-0.05, 0) is 24.1 Å². The van der Waals surface area contributed by atoms with Crippen LogP contribution in [0.3, 0.4) is 0 Å². The molecule has 0 saturated carbocycles. The second kappa shape index (κ2) is 6.40. The van der Waals surface area contributed by atoms with Crippen molar-refractivity contribution in [3.05, 3.63) is 23.8 Å². The maximum atomic E-state index is 13.0. The van der Waals surface area contributed by atoms with E-state index < -0.39 is 34.5 Å². The lowest BCUT2D eigenvalue weighted by molar-refractivity contribution is 0.0880. The molecule has 6 nitrogen and oxygen atoms in total. The van der Waals surface area contributed by atoms with Crippen LogP contribution in [-0.2, 0) is 16.6 Å². The molecule has 1 aromatic rings. The number of rotatable bonds is 5. The lowest BCUT2D eigenvalue weighted by Crippen LogP contribution is -2.43. The number of ether oxygens (including phenoxy) is 1. The molecule has 128 valence electrons. The number of hydrogen-bond donors (Lipinski definition) is 1. The monoisotopic (exact) mass is 348 g/mol. The molecule has 1 N–H and O–H groups in total. The third-order valence-corrected chi connectivity index (χ3v) is 5.00. The molecule has 0 saturated heterocycles. The second-order valence-electron chi connectivity index (χ2n) is 5.72. The summed E-state index contributed by atoms with van der Waals surface area (Å²) in [5, 5.41) is 0. The summed E-state index contributed by atoms with van der Waals surface area (Å²) in [6.45, 7) is 3.21. The molecule has 1 aliphatic heterocycles. The van der Waals surface area contributed by atoms with Gasteiger partial charge in [0.15, 0.2) is 0 Å². The summed E-state index contributed by atoms with van der Waals surface area (Å²) in [6, 6.07) is 2.42. The van der Waals surface area contributed by atoms with Crippen LogP contribution in [0.15, 0.2) is 23.1 Å². The van der Waals surface area contributed by atoms with Crippen LogP contribution in [0.4, 0.5) is 13.6 Å². The molecular weight excluding hydrogens is 330 g/mol. The van der Waals surface area contributed by atoms with Crippen molar-refractivity contribution in [2.24, 2.45) is 5.92 Å². The number of sulfonamides is 1. The Morgan fingerprint density at radius 2 is 1.96 bits per heavy atom. The number of carbonyl (C=O) groups is 1. The van der Waals surface area contributed by atoms with Gasteiger partial charge in [-0.15, -0.1) is 0 Å². The Hall–Kier alpha value is -1.74. The Balaban J connectivity index is 2.31. The largest absolute Gasteiger partial charge is 0.415 e. The van der Waals surface area contributed by atoms with Crippen LogP contribution in [0, 0.1) is 5.92 Å². The first-order valence-electron chi connectivity index (χ1n) is 6.98. The Labute approximate surface area is 133 Å². The van der Waals surface area contributed by atoms with E-state index in [1.807, 2.05) is 4.72 Å². The molecular formula is C14H18F2N2O4S. The van der Waals surface area contributed by atoms with Gasteiger partial charge in [0.2, 0.25) is 10.0 Å². The second-order valence-corrected chi connectivity index (χ2v) is 7.43. The molecule has 23 heavy (non-hydrogen) atoms. The summed E-state index contributed by atoms with van der Waals surface area (Å²) in [6.07, 6.45) is -3.35. The van der Waals surface area contributed by atoms with Crippen LogP contribution in [0.1, 0.15) is 19.4 Å². The highest BCUT2D eigenvalue weighted by molar-refractivity contribution is 7.89. The Morgan fingerprint density at radius 3 is 2.52 bits per heavy atom. The molecule has 2 rings (SSSR count). The minimum absolute atomic E-state index is 0.145. The Bertz CT molecular complexity index is 699. The van der Waals surface area contributed by atoms with Crippen LogP contribution in [0.2, 0.25) is 0 Å². The highest BCUT2D eigenvalue weighted by Gasteiger charge is 2.30. The molecule has 1 atom stereocenters. The fourth-order valence-corrected chi connectivity index (χ4v) is 3.58. The van der Waals surface area contributed by atoms with Gasteiger partial charge in [-0.3, -0.25) is 0 Å². The van der Waals surface area contributed by atoms with E-state index >= 15 is 0 Å². The standard InChI is InChI=1S/C14H18F2N2O4S/c1-8(2)12(13(15)16)17-23(20,21)10-4-5-11-9(6-10)7-18(3)14(19)22-11/h4-6,8,12-13,17H,7H2,1-3H3/t12-/m1/s1. The van der Waals surface area contributed by atoms with Crippen molar-refractivity contribution in [2.75, 3.05) is 7.05 Å². The van der Waals surface area contributed by atoms with Crippen LogP contribution in [0.25, 0.3) is 0 Å². The summed E-state index contributed by atoms with van der Waals surface area (Å²) < 4.78 is 57.6. The fraction of sp³-hybridized carbons (Fsp3) is 0.500. The third kappa shape index (κ3) is 3.78. The summed E-state index contributed by atoms with van der Waals surface area (Å²) in [5.41, 5.74) is 0.494. The van der Waals surface area contributed by atoms with E-state index in [4.69, 9.17) is 4.74 Å². The summed E-state index contributed by atoms with van der Waals surface area (Å²) in [4.78, 5) is 12.6. The molecule has 9 heteroatoms. The minimum atomic E-state index is -4.10. The molecule has 0 fully saturated rings. The van der Waals surface area contributed by atoms with E-state index in [0.29, 0.717) is 5.56 Å². The maximum absolute atomic E-state index is 13.0. The van der Waals surface area contributed by atoms with Crippen LogP contribution < -0.4 is 9.46 Å². The van der Waals surface area contributed by atoms with Gasteiger partial charge in [0.25, 0.3) is 6.43 Å². The molecule has 0 bridgehead atoms. The number of hydrogen-bond acceptors (Lipinski definition) is 4. The third-order valence-electron chi connectivity index (χ3n) is 3.54. The quantitative estimate of drug-likeness (QED) is 0.885. The van der Waals surface area contributed by atoms with E-state index in [9.17, 15) is 22.0 Å². The van der Waals surface area contributed by atoms with Gasteiger partial charge in [0.1, 0.15) is 5.75 Å². The zero-order valence-electron chi connectivity index (χ0n) is 12.9. The number of nitrogens with zero attached hydrogens (tertiary/aromatic N) is 1. The molecule has 1 aliphatic rings. The number of amides is 1. The smallest absolute Gasteiger partial charge is 0.410 e. The average Bonchev–Trinajstić information content (AvgIpc) is 2.45. The van der Waals surface area contributed by atoms with Gasteiger partial charge < -0.3 is 9.64 Å². The van der Waals surface area contributed by atoms with Crippen molar-refractivity contribution >= 4 is 16.1 Å². The van der Waals surface area contributed by atoms with E-state index in [-0.39, 0.29) is 17.2 Å². The molecule has 0 aliphatic carbocycles. The van der Waals surface area contributed by atoms with Gasteiger partial charge in [-0.25, -0.2) is 26.7 Å². The molecule has 0 radical (unpaired) electrons. The number of carbonyl (C=O) groups excluding carboxylic acids is 1. The zero-order chi connectivity index (χ0) is 17.4. The predicted octanol–water partition coefficient (Wildman–Crippen LogP) is 2.20. The maximum Gasteiger partial charge on any atom is 0.415 e. The Kier molecular flexibility index (Phi) is 4.90. The minimum Gasteiger partial charge on any atom is -0.410 e. The van der Waals surface area contributed by atoms with Crippen molar-refractivity contribution in [3.63, 3.8) is 0 Å². The van der Waals surface area contributed by atoms with Crippen LogP contribution in [-0.4, -0.2) is 38.9 Å². The van der Waals surface area contributed by atoms with Gasteiger partial charge in [0.05, 0.1) is 17.5 Å². The first kappa shape index (κ1) is 17.6. The molecule has 1 aromatic carbocycles. The lowest BCUT2D eigenvalue weighted by atomic mass is 10.1. The zero-order valence-corrected chi connectivity index (χ0v) is 13.7. The number of alkyl halides is 2. The number of halogens is 2. The number of nitrogens with one attached hydrogen (secondary N) is 1. The first-order valence-corrected chi connectivity index (χ1v) is 8.46. The molecule has 0 spiro atoms. The van der Waals surface area contributed by atoms with Crippen molar-refractivity contribution < 1.29 is 26.7 Å². The van der Waals surface area contributed by atoms with Crippen molar-refractivity contribution in [1.29, 1.82) is 0 Å². The van der Waals surface area contributed by atoms with Gasteiger partial charge in [0, 0.05) is 12.6 Å². The first-order chi connectivity index (χ1) is 10.6. The lowest BCUT2D eigenvalue weighted by Gasteiger charge is -2.25. The molecule has 0 unspecified atom stereocenters.